The lowest BCUT2D eigenvalue weighted by molar-refractivity contribution is 0.595. The van der Waals surface area contributed by atoms with E-state index in [0.717, 1.165) is 0 Å². The minimum Gasteiger partial charge on any atom is -0.353 e. The van der Waals surface area contributed by atoms with Crippen LogP contribution in [0.15, 0.2) is 44.6 Å². The minimum absolute atomic E-state index is 0.163. The van der Waals surface area contributed by atoms with Crippen molar-refractivity contribution >= 4 is 48.0 Å². The maximum atomic E-state index is 12.3. The highest BCUT2D eigenvalue weighted by atomic mass is 32.9. The zero-order chi connectivity index (χ0) is 16.3. The average Bonchev–Trinajstić information content (AvgIpc) is 2.80. The molecule has 0 N–H and O–H groups in total. The van der Waals surface area contributed by atoms with E-state index in [2.05, 4.69) is 9.39 Å². The lowest BCUT2D eigenvalue weighted by atomic mass is 10.4. The first-order valence-electron chi connectivity index (χ1n) is 6.09. The molecule has 0 fully saturated rings. The van der Waals surface area contributed by atoms with Gasteiger partial charge in [0.05, 0.1) is 4.90 Å². The van der Waals surface area contributed by atoms with Crippen molar-refractivity contribution in [1.29, 1.82) is 0 Å². The number of nitrogens with zero attached hydrogens (tertiary/aromatic N) is 4. The van der Waals surface area contributed by atoms with Crippen molar-refractivity contribution in [2.24, 2.45) is 16.4 Å². The first-order valence-corrected chi connectivity index (χ1v) is 10.1. The van der Waals surface area contributed by atoms with Gasteiger partial charge < -0.3 is 4.90 Å². The second kappa shape index (κ2) is 6.82. The van der Waals surface area contributed by atoms with Crippen molar-refractivity contribution in [2.75, 3.05) is 14.1 Å². The molecule has 1 heterocycles. The normalized spacial score (nSPS) is 13.4. The van der Waals surface area contributed by atoms with E-state index in [9.17, 15) is 8.42 Å². The summed E-state index contributed by atoms with van der Waals surface area (Å²) in [7, 11) is 4.14. The summed E-state index contributed by atoms with van der Waals surface area (Å²) < 4.78 is 30.0. The summed E-state index contributed by atoms with van der Waals surface area (Å²) in [6.07, 6.45) is 0. The summed E-state index contributed by atoms with van der Waals surface area (Å²) in [5, 5.41) is 0.419. The maximum absolute atomic E-state index is 12.3. The third kappa shape index (κ3) is 3.88. The van der Waals surface area contributed by atoms with E-state index < -0.39 is 10.0 Å². The summed E-state index contributed by atoms with van der Waals surface area (Å²) in [5.74, 6) is 0. The van der Waals surface area contributed by atoms with E-state index >= 15 is 0 Å². The van der Waals surface area contributed by atoms with Gasteiger partial charge in [0.15, 0.2) is 5.11 Å². The second-order valence-corrected chi connectivity index (χ2v) is 8.49. The van der Waals surface area contributed by atoms with E-state index in [1.54, 1.807) is 48.8 Å². The third-order valence-electron chi connectivity index (χ3n) is 2.58. The van der Waals surface area contributed by atoms with Gasteiger partial charge in [-0.05, 0) is 45.0 Å². The summed E-state index contributed by atoms with van der Waals surface area (Å²) in [6, 6.07) is 8.11. The summed E-state index contributed by atoms with van der Waals surface area (Å²) in [4.78, 5) is 7.10. The van der Waals surface area contributed by atoms with Gasteiger partial charge in [-0.1, -0.05) is 18.2 Å². The largest absolute Gasteiger partial charge is 0.353 e. The highest BCUT2D eigenvalue weighted by molar-refractivity contribution is 7.90. The number of aromatic nitrogens is 1. The molecule has 0 aliphatic carbocycles. The molecule has 10 heteroatoms. The fourth-order valence-corrected chi connectivity index (χ4v) is 5.09. The lowest BCUT2D eigenvalue weighted by Gasteiger charge is -2.07. The Hall–Kier alpha value is -1.36. The Morgan fingerprint density at radius 2 is 1.77 bits per heavy atom. The zero-order valence-corrected chi connectivity index (χ0v) is 15.4. The molecule has 2 rings (SSSR count). The molecule has 0 radical (unpaired) electrons. The third-order valence-corrected chi connectivity index (χ3v) is 6.69. The number of rotatable bonds is 2. The molecular weight excluding hydrogens is 360 g/mol. The van der Waals surface area contributed by atoms with E-state index in [0.29, 0.717) is 14.7 Å². The van der Waals surface area contributed by atoms with Crippen LogP contribution in [0.25, 0.3) is 0 Å². The Labute approximate surface area is 141 Å². The van der Waals surface area contributed by atoms with Crippen LogP contribution in [0, 0.1) is 0 Å². The molecule has 22 heavy (non-hydrogen) atoms. The molecule has 0 unspecified atom stereocenters. The summed E-state index contributed by atoms with van der Waals surface area (Å²) in [6.45, 7) is 0. The predicted octanol–water partition coefficient (Wildman–Crippen LogP) is 1.18. The topological polar surface area (TPSA) is 67.0 Å². The highest BCUT2D eigenvalue weighted by Gasteiger charge is 2.12. The van der Waals surface area contributed by atoms with Crippen LogP contribution >= 0.6 is 32.9 Å². The average molecular weight is 375 g/mol. The molecule has 1 aromatic carbocycles. The minimum atomic E-state index is -3.73. The number of thiocarbonyl (C=S) groups is 1. The fraction of sp³-hybridized carbons (Fsp3) is 0.250. The van der Waals surface area contributed by atoms with Crippen molar-refractivity contribution in [1.82, 2.24) is 9.47 Å². The van der Waals surface area contributed by atoms with Crippen LogP contribution in [-0.4, -0.2) is 37.1 Å². The molecule has 0 atom stereocenters. The van der Waals surface area contributed by atoms with Crippen LogP contribution in [0.1, 0.15) is 0 Å². The Bertz CT molecular complexity index is 904. The Balaban J connectivity index is 2.52. The van der Waals surface area contributed by atoms with Crippen LogP contribution in [0.4, 0.5) is 0 Å². The summed E-state index contributed by atoms with van der Waals surface area (Å²) >= 11 is 5.12. The van der Waals surface area contributed by atoms with Gasteiger partial charge in [-0.15, -0.1) is 4.40 Å². The first kappa shape index (κ1) is 17.0. The second-order valence-electron chi connectivity index (χ2n) is 4.46. The highest BCUT2D eigenvalue weighted by Crippen LogP contribution is 2.10. The van der Waals surface area contributed by atoms with Gasteiger partial charge in [-0.25, -0.2) is 0 Å². The van der Waals surface area contributed by atoms with E-state index in [-0.39, 0.29) is 4.90 Å². The van der Waals surface area contributed by atoms with E-state index in [4.69, 9.17) is 12.2 Å². The van der Waals surface area contributed by atoms with Crippen LogP contribution in [0.2, 0.25) is 0 Å². The molecule has 0 amide bonds. The molecule has 6 nitrogen and oxygen atoms in total. The van der Waals surface area contributed by atoms with Crippen molar-refractivity contribution in [3.05, 3.63) is 39.9 Å². The van der Waals surface area contributed by atoms with Crippen molar-refractivity contribution in [2.45, 2.75) is 4.90 Å². The van der Waals surface area contributed by atoms with E-state index in [1.165, 1.54) is 32.8 Å². The van der Waals surface area contributed by atoms with Crippen LogP contribution in [0.5, 0.6) is 0 Å². The van der Waals surface area contributed by atoms with Crippen LogP contribution in [-0.2, 0) is 17.1 Å². The maximum Gasteiger partial charge on any atom is 0.285 e. The summed E-state index contributed by atoms with van der Waals surface area (Å²) in [5.41, 5.74) is 0. The van der Waals surface area contributed by atoms with Crippen molar-refractivity contribution in [3.63, 3.8) is 0 Å². The number of sulfonamides is 1. The first-order chi connectivity index (χ1) is 10.3. The molecule has 0 saturated carbocycles. The molecule has 118 valence electrons. The number of benzene rings is 1. The van der Waals surface area contributed by atoms with Gasteiger partial charge in [0.1, 0.15) is 0 Å². The molecule has 0 aliphatic heterocycles. The zero-order valence-electron chi connectivity index (χ0n) is 12.1. The van der Waals surface area contributed by atoms with Crippen molar-refractivity contribution < 1.29 is 8.42 Å². The van der Waals surface area contributed by atoms with Gasteiger partial charge in [0.25, 0.3) is 10.0 Å². The Morgan fingerprint density at radius 1 is 1.18 bits per heavy atom. The molecule has 1 aromatic heterocycles. The van der Waals surface area contributed by atoms with Crippen molar-refractivity contribution in [3.8, 4) is 0 Å². The number of hydrogen-bond acceptors (Lipinski definition) is 5. The van der Waals surface area contributed by atoms with Gasteiger partial charge in [0, 0.05) is 21.1 Å². The van der Waals surface area contributed by atoms with Gasteiger partial charge in [-0.3, -0.25) is 4.57 Å². The monoisotopic (exact) mass is 374 g/mol. The standard InChI is InChI=1S/C12H14N4O2S4/c1-15(2)10(19)13-11-16(3)12(21-20-11)14-22(17,18)9-7-5-4-6-8-9/h4-8H,1-3H3/b13-11+,14-12+. The molecular formula is C12H14N4O2S4. The molecule has 0 saturated heterocycles. The molecule has 0 aliphatic rings. The fourth-order valence-electron chi connectivity index (χ4n) is 1.37. The quantitative estimate of drug-likeness (QED) is 0.585. The molecule has 2 aromatic rings. The Morgan fingerprint density at radius 3 is 2.36 bits per heavy atom. The van der Waals surface area contributed by atoms with Crippen LogP contribution in [0.3, 0.4) is 0 Å². The predicted molar refractivity (Wildman–Crippen MR) is 92.2 cm³/mol. The van der Waals surface area contributed by atoms with Crippen LogP contribution < -0.4 is 9.60 Å². The molecule has 0 spiro atoms. The van der Waals surface area contributed by atoms with Gasteiger partial charge in [0.2, 0.25) is 9.60 Å². The number of hydrogen-bond donors (Lipinski definition) is 0. The van der Waals surface area contributed by atoms with E-state index in [1.807, 2.05) is 0 Å². The molecule has 0 bridgehead atoms. The SMILES string of the molecule is CN(C)C(=S)/N=c1/ss/c(=N/S(=O)(=O)c2ccccc2)n1C. The Kier molecular flexibility index (Phi) is 5.27. The van der Waals surface area contributed by atoms with Gasteiger partial charge >= 0.3 is 0 Å². The smallest absolute Gasteiger partial charge is 0.285 e. The lowest BCUT2D eigenvalue weighted by Crippen LogP contribution is -2.27. The van der Waals surface area contributed by atoms with Gasteiger partial charge in [-0.2, -0.15) is 13.4 Å².